The molecule has 0 saturated carbocycles. The molecule has 0 saturated heterocycles. The predicted octanol–water partition coefficient (Wildman–Crippen LogP) is 3.16. The number of rotatable bonds is 10. The summed E-state index contributed by atoms with van der Waals surface area (Å²) in [6.45, 7) is 5.82. The Hall–Kier alpha value is -2.43. The maximum atomic E-state index is 13.0. The van der Waals surface area contributed by atoms with Crippen molar-refractivity contribution in [3.05, 3.63) is 48.0 Å². The summed E-state index contributed by atoms with van der Waals surface area (Å²) in [7, 11) is -6.00. The number of methoxy groups -OCH3 is 1. The van der Waals surface area contributed by atoms with E-state index in [1.807, 2.05) is 0 Å². The molecule has 0 spiro atoms. The first kappa shape index (κ1) is 24.8. The van der Waals surface area contributed by atoms with E-state index in [1.54, 1.807) is 32.9 Å². The molecule has 1 N–H and O–H groups in total. The third-order valence-electron chi connectivity index (χ3n) is 4.70. The van der Waals surface area contributed by atoms with E-state index in [0.29, 0.717) is 19.5 Å². The summed E-state index contributed by atoms with van der Waals surface area (Å²) in [4.78, 5) is 12.9. The number of anilines is 1. The van der Waals surface area contributed by atoms with Crippen LogP contribution >= 0.6 is 0 Å². The maximum Gasteiger partial charge on any atom is 0.257 e. The first-order chi connectivity index (χ1) is 14.6. The molecule has 0 fully saturated rings. The van der Waals surface area contributed by atoms with Crippen molar-refractivity contribution in [1.29, 1.82) is 0 Å². The van der Waals surface area contributed by atoms with Crippen LogP contribution in [0.1, 0.15) is 37.6 Å². The second kappa shape index (κ2) is 10.3. The molecule has 170 valence electrons. The van der Waals surface area contributed by atoms with Crippen LogP contribution in [-0.2, 0) is 19.9 Å². The number of sulfonamides is 1. The van der Waals surface area contributed by atoms with Gasteiger partial charge in [0.1, 0.15) is 5.75 Å². The van der Waals surface area contributed by atoms with E-state index in [4.69, 9.17) is 4.74 Å². The van der Waals surface area contributed by atoms with Gasteiger partial charge in [0.15, 0.2) is 9.84 Å². The summed E-state index contributed by atoms with van der Waals surface area (Å²) in [5.41, 5.74) is 0.110. The second-order valence-corrected chi connectivity index (χ2v) is 10.7. The third kappa shape index (κ3) is 5.44. The predicted molar refractivity (Wildman–Crippen MR) is 120 cm³/mol. The third-order valence-corrected chi connectivity index (χ3v) is 8.72. The number of carbonyl (C=O) groups excluding carboxylic acids is 1. The van der Waals surface area contributed by atoms with Gasteiger partial charge in [-0.2, -0.15) is 4.31 Å². The van der Waals surface area contributed by atoms with Gasteiger partial charge in [-0.05, 0) is 36.8 Å². The molecule has 0 aliphatic heterocycles. The standard InChI is InChI=1S/C21H28N2O6S2/c1-5-14-30(25,26)20-11-9-8-10-17(20)21(24)22-18-15-16(12-13-19(18)29-4)31(27,28)23(6-2)7-3/h8-13,15H,5-7,14H2,1-4H3,(H,22,24). The van der Waals surface area contributed by atoms with Crippen LogP contribution in [0.3, 0.4) is 0 Å². The van der Waals surface area contributed by atoms with Crippen LogP contribution in [-0.4, -0.2) is 53.0 Å². The number of hydrogen-bond acceptors (Lipinski definition) is 6. The van der Waals surface area contributed by atoms with E-state index < -0.39 is 25.8 Å². The van der Waals surface area contributed by atoms with Crippen LogP contribution in [0.15, 0.2) is 52.3 Å². The van der Waals surface area contributed by atoms with Crippen molar-refractivity contribution in [3.63, 3.8) is 0 Å². The summed E-state index contributed by atoms with van der Waals surface area (Å²) in [5.74, 6) is -0.509. The fraction of sp³-hybridized carbons (Fsp3) is 0.381. The average Bonchev–Trinajstić information content (AvgIpc) is 2.74. The molecule has 0 radical (unpaired) electrons. The Kier molecular flexibility index (Phi) is 8.21. The monoisotopic (exact) mass is 468 g/mol. The zero-order valence-corrected chi connectivity index (χ0v) is 19.7. The molecule has 2 aromatic carbocycles. The topological polar surface area (TPSA) is 110 Å². The van der Waals surface area contributed by atoms with Gasteiger partial charge in [0.05, 0.1) is 33.9 Å². The summed E-state index contributed by atoms with van der Waals surface area (Å²) < 4.78 is 57.4. The largest absolute Gasteiger partial charge is 0.495 e. The number of carbonyl (C=O) groups is 1. The normalized spacial score (nSPS) is 12.0. The summed E-state index contributed by atoms with van der Waals surface area (Å²) in [5, 5.41) is 2.61. The Morgan fingerprint density at radius 2 is 1.65 bits per heavy atom. The van der Waals surface area contributed by atoms with Gasteiger partial charge in [-0.1, -0.05) is 32.9 Å². The minimum absolute atomic E-state index is 0.000750. The van der Waals surface area contributed by atoms with Gasteiger partial charge in [-0.25, -0.2) is 16.8 Å². The van der Waals surface area contributed by atoms with Gasteiger partial charge in [0, 0.05) is 13.1 Å². The Labute approximate surface area is 184 Å². The Morgan fingerprint density at radius 1 is 1.00 bits per heavy atom. The molecule has 2 rings (SSSR count). The van der Waals surface area contributed by atoms with E-state index in [2.05, 4.69) is 5.32 Å². The molecule has 1 amide bonds. The average molecular weight is 469 g/mol. The van der Waals surface area contributed by atoms with E-state index >= 15 is 0 Å². The lowest BCUT2D eigenvalue weighted by Gasteiger charge is -2.20. The zero-order chi connectivity index (χ0) is 23.2. The number of ether oxygens (including phenoxy) is 1. The first-order valence-corrected chi connectivity index (χ1v) is 13.0. The molecule has 0 unspecified atom stereocenters. The van der Waals surface area contributed by atoms with Crippen LogP contribution in [0.2, 0.25) is 0 Å². The van der Waals surface area contributed by atoms with Crippen LogP contribution in [0.4, 0.5) is 5.69 Å². The Morgan fingerprint density at radius 3 is 2.23 bits per heavy atom. The van der Waals surface area contributed by atoms with Gasteiger partial charge in [-0.15, -0.1) is 0 Å². The smallest absolute Gasteiger partial charge is 0.257 e. The van der Waals surface area contributed by atoms with Crippen molar-refractivity contribution in [2.24, 2.45) is 0 Å². The minimum atomic E-state index is -3.76. The van der Waals surface area contributed by atoms with E-state index in [0.717, 1.165) is 0 Å². The SMILES string of the molecule is CCCS(=O)(=O)c1ccccc1C(=O)Nc1cc(S(=O)(=O)N(CC)CC)ccc1OC. The summed E-state index contributed by atoms with van der Waals surface area (Å²) >= 11 is 0. The second-order valence-electron chi connectivity index (χ2n) is 6.72. The molecule has 0 aromatic heterocycles. The highest BCUT2D eigenvalue weighted by atomic mass is 32.2. The van der Waals surface area contributed by atoms with Crippen LogP contribution in [0.5, 0.6) is 5.75 Å². The number of amides is 1. The van der Waals surface area contributed by atoms with E-state index in [-0.39, 0.29) is 32.5 Å². The molecular formula is C21H28N2O6S2. The van der Waals surface area contributed by atoms with E-state index in [1.165, 1.54) is 41.7 Å². The van der Waals surface area contributed by atoms with Crippen molar-refractivity contribution in [1.82, 2.24) is 4.31 Å². The van der Waals surface area contributed by atoms with Gasteiger partial charge < -0.3 is 10.1 Å². The lowest BCUT2D eigenvalue weighted by Crippen LogP contribution is -2.30. The Bertz CT molecular complexity index is 1140. The molecule has 31 heavy (non-hydrogen) atoms. The highest BCUT2D eigenvalue weighted by Gasteiger charge is 2.25. The minimum Gasteiger partial charge on any atom is -0.495 e. The molecule has 0 atom stereocenters. The molecule has 10 heteroatoms. The fourth-order valence-electron chi connectivity index (χ4n) is 3.15. The number of benzene rings is 2. The van der Waals surface area contributed by atoms with Crippen molar-refractivity contribution < 1.29 is 26.4 Å². The molecular weight excluding hydrogens is 440 g/mol. The lowest BCUT2D eigenvalue weighted by atomic mass is 10.2. The Balaban J connectivity index is 2.49. The van der Waals surface area contributed by atoms with Crippen molar-refractivity contribution in [3.8, 4) is 5.75 Å². The van der Waals surface area contributed by atoms with E-state index in [9.17, 15) is 21.6 Å². The van der Waals surface area contributed by atoms with Gasteiger partial charge >= 0.3 is 0 Å². The highest BCUT2D eigenvalue weighted by molar-refractivity contribution is 7.91. The number of nitrogens with zero attached hydrogens (tertiary/aromatic N) is 1. The zero-order valence-electron chi connectivity index (χ0n) is 18.1. The van der Waals surface area contributed by atoms with Gasteiger partial charge in [-0.3, -0.25) is 4.79 Å². The van der Waals surface area contributed by atoms with Crippen LogP contribution in [0.25, 0.3) is 0 Å². The number of hydrogen-bond donors (Lipinski definition) is 1. The van der Waals surface area contributed by atoms with Gasteiger partial charge in [0.25, 0.3) is 5.91 Å². The highest BCUT2D eigenvalue weighted by Crippen LogP contribution is 2.30. The maximum absolute atomic E-state index is 13.0. The van der Waals surface area contributed by atoms with Crippen molar-refractivity contribution >= 4 is 31.5 Å². The fourth-order valence-corrected chi connectivity index (χ4v) is 6.18. The quantitative estimate of drug-likeness (QED) is 0.574. The molecule has 0 heterocycles. The molecule has 0 aliphatic rings. The lowest BCUT2D eigenvalue weighted by molar-refractivity contribution is 0.102. The molecule has 8 nitrogen and oxygen atoms in total. The van der Waals surface area contributed by atoms with Crippen molar-refractivity contribution in [2.75, 3.05) is 31.3 Å². The summed E-state index contributed by atoms with van der Waals surface area (Å²) in [6, 6.07) is 10.1. The van der Waals surface area contributed by atoms with Crippen LogP contribution < -0.4 is 10.1 Å². The van der Waals surface area contributed by atoms with Crippen molar-refractivity contribution in [2.45, 2.75) is 37.0 Å². The molecule has 2 aromatic rings. The van der Waals surface area contributed by atoms with Gasteiger partial charge in [0.2, 0.25) is 10.0 Å². The first-order valence-electron chi connectivity index (χ1n) is 9.93. The number of sulfone groups is 1. The molecule has 0 aliphatic carbocycles. The molecule has 0 bridgehead atoms. The van der Waals surface area contributed by atoms with Crippen LogP contribution in [0, 0.1) is 0 Å². The number of nitrogens with one attached hydrogen (secondary N) is 1. The summed E-state index contributed by atoms with van der Waals surface area (Å²) in [6.07, 6.45) is 0.414.